The van der Waals surface area contributed by atoms with E-state index in [1.165, 1.54) is 4.90 Å². The molecule has 2 heterocycles. The Morgan fingerprint density at radius 3 is 2.70 bits per heavy atom. The van der Waals surface area contributed by atoms with Gasteiger partial charge >= 0.3 is 5.97 Å². The molecule has 2 saturated heterocycles. The Balaban J connectivity index is 1.45. The Labute approximate surface area is 133 Å². The minimum atomic E-state index is -0.943. The molecule has 3 fully saturated rings. The molecule has 1 saturated carbocycles. The van der Waals surface area contributed by atoms with Crippen molar-refractivity contribution in [2.45, 2.75) is 43.3 Å². The standard InChI is InChI=1S/C17H18N2O4/c20-14(6-10-4-2-1-3-5-10)18-12-9-17-8-11(17)7-13(16(22)23)19(17)15(12)21/h1-5,11-13H,6-9H2,(H,18,20)(H,22,23)/t11-,12+,13-,17-/m1/s1. The Hall–Kier alpha value is -2.37. The Bertz CT molecular complexity index is 689. The van der Waals surface area contributed by atoms with Gasteiger partial charge in [-0.25, -0.2) is 4.79 Å². The first-order chi connectivity index (χ1) is 11.0. The Morgan fingerprint density at radius 1 is 1.26 bits per heavy atom. The summed E-state index contributed by atoms with van der Waals surface area (Å²) in [6.45, 7) is 0. The lowest BCUT2D eigenvalue weighted by atomic mass is 10.1. The highest BCUT2D eigenvalue weighted by atomic mass is 16.4. The first-order valence-electron chi connectivity index (χ1n) is 7.90. The SMILES string of the molecule is O=C(Cc1ccccc1)N[C@H]1C[C@]23C[C@H]2C[C@H](C(=O)O)N3C1=O. The van der Waals surface area contributed by atoms with Crippen LogP contribution in [0.2, 0.25) is 0 Å². The topological polar surface area (TPSA) is 86.7 Å². The first-order valence-corrected chi connectivity index (χ1v) is 7.90. The molecule has 2 N–H and O–H groups in total. The molecule has 1 aromatic rings. The molecule has 4 atom stereocenters. The van der Waals surface area contributed by atoms with Crippen LogP contribution in [0.4, 0.5) is 0 Å². The Kier molecular flexibility index (Phi) is 2.98. The molecule has 6 heteroatoms. The third-order valence-electron chi connectivity index (χ3n) is 5.42. The lowest BCUT2D eigenvalue weighted by molar-refractivity contribution is -0.149. The number of nitrogens with zero attached hydrogens (tertiary/aromatic N) is 1. The molecule has 3 aliphatic rings. The maximum atomic E-state index is 12.6. The second-order valence-electron chi connectivity index (χ2n) is 6.79. The lowest BCUT2D eigenvalue weighted by Gasteiger charge is -2.25. The lowest BCUT2D eigenvalue weighted by Crippen LogP contribution is -2.47. The van der Waals surface area contributed by atoms with Crippen LogP contribution in [0.3, 0.4) is 0 Å². The van der Waals surface area contributed by atoms with Crippen molar-refractivity contribution in [3.8, 4) is 0 Å². The molecule has 6 nitrogen and oxygen atoms in total. The predicted molar refractivity (Wildman–Crippen MR) is 80.4 cm³/mol. The van der Waals surface area contributed by atoms with Crippen LogP contribution in [0.15, 0.2) is 30.3 Å². The summed E-state index contributed by atoms with van der Waals surface area (Å²) in [5.74, 6) is -1.10. The average molecular weight is 314 g/mol. The van der Waals surface area contributed by atoms with Gasteiger partial charge in [0.25, 0.3) is 0 Å². The van der Waals surface area contributed by atoms with E-state index in [1.54, 1.807) is 0 Å². The molecule has 0 aromatic heterocycles. The van der Waals surface area contributed by atoms with Crippen molar-refractivity contribution in [1.82, 2.24) is 10.2 Å². The van der Waals surface area contributed by atoms with E-state index in [0.717, 1.165) is 12.0 Å². The van der Waals surface area contributed by atoms with Gasteiger partial charge in [0.15, 0.2) is 0 Å². The third kappa shape index (κ3) is 2.12. The van der Waals surface area contributed by atoms with Gasteiger partial charge in [-0.2, -0.15) is 0 Å². The van der Waals surface area contributed by atoms with Gasteiger partial charge in [-0.15, -0.1) is 0 Å². The van der Waals surface area contributed by atoms with E-state index in [2.05, 4.69) is 5.32 Å². The molecule has 23 heavy (non-hydrogen) atoms. The van der Waals surface area contributed by atoms with Crippen molar-refractivity contribution >= 4 is 17.8 Å². The predicted octanol–water partition coefficient (Wildman–Crippen LogP) is 0.562. The molecule has 2 aliphatic heterocycles. The van der Waals surface area contributed by atoms with Gasteiger partial charge in [-0.05, 0) is 24.3 Å². The van der Waals surface area contributed by atoms with Gasteiger partial charge in [0, 0.05) is 12.0 Å². The number of hydrogen-bond donors (Lipinski definition) is 2. The summed E-state index contributed by atoms with van der Waals surface area (Å²) in [5.41, 5.74) is 0.590. The smallest absolute Gasteiger partial charge is 0.326 e. The number of amides is 2. The number of rotatable bonds is 4. The van der Waals surface area contributed by atoms with E-state index in [4.69, 9.17) is 0 Å². The molecular formula is C17H18N2O4. The van der Waals surface area contributed by atoms with Gasteiger partial charge < -0.3 is 15.3 Å². The molecule has 1 aromatic carbocycles. The van der Waals surface area contributed by atoms with Crippen LogP contribution in [0.1, 0.15) is 24.8 Å². The van der Waals surface area contributed by atoms with Crippen molar-refractivity contribution in [3.63, 3.8) is 0 Å². The van der Waals surface area contributed by atoms with Crippen molar-refractivity contribution in [1.29, 1.82) is 0 Å². The highest BCUT2D eigenvalue weighted by Crippen LogP contribution is 2.63. The molecular weight excluding hydrogens is 296 g/mol. The summed E-state index contributed by atoms with van der Waals surface area (Å²) in [4.78, 5) is 37.6. The number of benzene rings is 1. The average Bonchev–Trinajstić information content (AvgIpc) is 2.98. The highest BCUT2D eigenvalue weighted by molar-refractivity contribution is 5.95. The molecule has 120 valence electrons. The fourth-order valence-corrected chi connectivity index (χ4v) is 4.33. The Morgan fingerprint density at radius 2 is 2.00 bits per heavy atom. The second-order valence-corrected chi connectivity index (χ2v) is 6.79. The summed E-state index contributed by atoms with van der Waals surface area (Å²) < 4.78 is 0. The minimum Gasteiger partial charge on any atom is -0.480 e. The van der Waals surface area contributed by atoms with Gasteiger partial charge in [-0.3, -0.25) is 9.59 Å². The van der Waals surface area contributed by atoms with Gasteiger partial charge in [-0.1, -0.05) is 30.3 Å². The summed E-state index contributed by atoms with van der Waals surface area (Å²) >= 11 is 0. The van der Waals surface area contributed by atoms with Crippen LogP contribution in [0.5, 0.6) is 0 Å². The van der Waals surface area contributed by atoms with E-state index >= 15 is 0 Å². The van der Waals surface area contributed by atoms with E-state index in [0.29, 0.717) is 12.8 Å². The third-order valence-corrected chi connectivity index (χ3v) is 5.42. The number of carboxylic acids is 1. The van der Waals surface area contributed by atoms with E-state index in [1.807, 2.05) is 30.3 Å². The number of carbonyl (C=O) groups is 3. The van der Waals surface area contributed by atoms with Crippen molar-refractivity contribution in [2.24, 2.45) is 5.92 Å². The van der Waals surface area contributed by atoms with Crippen molar-refractivity contribution in [3.05, 3.63) is 35.9 Å². The summed E-state index contributed by atoms with van der Waals surface area (Å²) in [7, 11) is 0. The van der Waals surface area contributed by atoms with E-state index in [9.17, 15) is 19.5 Å². The van der Waals surface area contributed by atoms with Gasteiger partial charge in [0.2, 0.25) is 11.8 Å². The normalized spacial score (nSPS) is 34.0. The zero-order valence-electron chi connectivity index (χ0n) is 12.6. The van der Waals surface area contributed by atoms with Crippen LogP contribution in [-0.2, 0) is 20.8 Å². The number of hydrogen-bond acceptors (Lipinski definition) is 3. The van der Waals surface area contributed by atoms with Gasteiger partial charge in [0.05, 0.1) is 6.42 Å². The molecule has 2 amide bonds. The number of carboxylic acid groups (broad SMARTS) is 1. The molecule has 4 rings (SSSR count). The number of piperidine rings is 1. The minimum absolute atomic E-state index is 0.198. The molecule has 0 radical (unpaired) electrons. The fourth-order valence-electron chi connectivity index (χ4n) is 4.33. The summed E-state index contributed by atoms with van der Waals surface area (Å²) in [6, 6.07) is 8.04. The van der Waals surface area contributed by atoms with E-state index in [-0.39, 0.29) is 29.7 Å². The van der Waals surface area contributed by atoms with Crippen LogP contribution < -0.4 is 5.32 Å². The van der Waals surface area contributed by atoms with E-state index < -0.39 is 18.1 Å². The maximum Gasteiger partial charge on any atom is 0.326 e. The van der Waals surface area contributed by atoms with Crippen LogP contribution >= 0.6 is 0 Å². The highest BCUT2D eigenvalue weighted by Gasteiger charge is 2.72. The molecule has 1 aliphatic carbocycles. The number of aliphatic carboxylic acids is 1. The molecule has 0 unspecified atom stereocenters. The number of nitrogens with one attached hydrogen (secondary N) is 1. The summed E-state index contributed by atoms with van der Waals surface area (Å²) in [5, 5.41) is 12.1. The fraction of sp³-hybridized carbons (Fsp3) is 0.471. The number of carbonyl (C=O) groups excluding carboxylic acids is 2. The van der Waals surface area contributed by atoms with Crippen molar-refractivity contribution < 1.29 is 19.5 Å². The quantitative estimate of drug-likeness (QED) is 0.850. The second kappa shape index (κ2) is 4.81. The zero-order valence-corrected chi connectivity index (χ0v) is 12.6. The maximum absolute atomic E-state index is 12.6. The summed E-state index contributed by atoms with van der Waals surface area (Å²) in [6.07, 6.45) is 2.18. The van der Waals surface area contributed by atoms with Crippen LogP contribution in [0, 0.1) is 5.92 Å². The largest absolute Gasteiger partial charge is 0.480 e. The van der Waals surface area contributed by atoms with Crippen LogP contribution in [-0.4, -0.2) is 45.4 Å². The van der Waals surface area contributed by atoms with Gasteiger partial charge in [0.1, 0.15) is 12.1 Å². The monoisotopic (exact) mass is 314 g/mol. The first kappa shape index (κ1) is 14.2. The van der Waals surface area contributed by atoms with Crippen molar-refractivity contribution in [2.75, 3.05) is 0 Å². The molecule has 1 spiro atoms. The molecule has 0 bridgehead atoms. The zero-order chi connectivity index (χ0) is 16.2. The van der Waals surface area contributed by atoms with Crippen LogP contribution in [0.25, 0.3) is 0 Å².